The first-order valence-electron chi connectivity index (χ1n) is 6.22. The van der Waals surface area contributed by atoms with Crippen LogP contribution >= 0.6 is 0 Å². The third kappa shape index (κ3) is 2.52. The van der Waals surface area contributed by atoms with Gasteiger partial charge in [-0.2, -0.15) is 0 Å². The van der Waals surface area contributed by atoms with Gasteiger partial charge >= 0.3 is 0 Å². The SMILES string of the molecule is COCCCN1CCNCC1(C)C1CC1. The molecule has 3 heteroatoms. The highest BCUT2D eigenvalue weighted by molar-refractivity contribution is 5.02. The summed E-state index contributed by atoms with van der Waals surface area (Å²) in [5.41, 5.74) is 0.423. The Labute approximate surface area is 93.2 Å². The maximum atomic E-state index is 5.13. The van der Waals surface area contributed by atoms with E-state index in [1.807, 2.05) is 0 Å². The number of ether oxygens (including phenoxy) is 1. The minimum atomic E-state index is 0.423. The van der Waals surface area contributed by atoms with Gasteiger partial charge in [0.25, 0.3) is 0 Å². The molecule has 0 amide bonds. The number of rotatable bonds is 5. The van der Waals surface area contributed by atoms with E-state index in [1.165, 1.54) is 38.9 Å². The quantitative estimate of drug-likeness (QED) is 0.691. The van der Waals surface area contributed by atoms with Crippen molar-refractivity contribution in [3.8, 4) is 0 Å². The van der Waals surface area contributed by atoms with Crippen LogP contribution in [-0.2, 0) is 4.74 Å². The van der Waals surface area contributed by atoms with Crippen molar-refractivity contribution in [2.75, 3.05) is 39.9 Å². The van der Waals surface area contributed by atoms with E-state index in [2.05, 4.69) is 17.1 Å². The molecule has 1 N–H and O–H groups in total. The second-order valence-electron chi connectivity index (χ2n) is 5.14. The van der Waals surface area contributed by atoms with Crippen LogP contribution in [0.2, 0.25) is 0 Å². The van der Waals surface area contributed by atoms with Crippen LogP contribution in [0.15, 0.2) is 0 Å². The normalized spacial score (nSPS) is 33.2. The van der Waals surface area contributed by atoms with Crippen LogP contribution in [0.3, 0.4) is 0 Å². The van der Waals surface area contributed by atoms with Crippen molar-refractivity contribution in [2.24, 2.45) is 5.92 Å². The van der Waals surface area contributed by atoms with Gasteiger partial charge in [-0.25, -0.2) is 0 Å². The molecule has 0 spiro atoms. The van der Waals surface area contributed by atoms with Gasteiger partial charge in [-0.05, 0) is 32.1 Å². The molecule has 3 nitrogen and oxygen atoms in total. The second-order valence-corrected chi connectivity index (χ2v) is 5.14. The van der Waals surface area contributed by atoms with Crippen LogP contribution in [0.1, 0.15) is 26.2 Å². The molecule has 2 fully saturated rings. The zero-order valence-corrected chi connectivity index (χ0v) is 10.1. The number of nitrogens with zero attached hydrogens (tertiary/aromatic N) is 1. The molecule has 1 saturated carbocycles. The largest absolute Gasteiger partial charge is 0.385 e. The highest BCUT2D eigenvalue weighted by atomic mass is 16.5. The van der Waals surface area contributed by atoms with Crippen molar-refractivity contribution in [3.63, 3.8) is 0 Å². The van der Waals surface area contributed by atoms with Gasteiger partial charge in [-0.3, -0.25) is 4.90 Å². The molecule has 0 aromatic carbocycles. The Morgan fingerprint density at radius 2 is 2.27 bits per heavy atom. The summed E-state index contributed by atoms with van der Waals surface area (Å²) in [7, 11) is 1.79. The van der Waals surface area contributed by atoms with Crippen molar-refractivity contribution in [1.29, 1.82) is 0 Å². The molecule has 2 rings (SSSR count). The number of piperazine rings is 1. The average molecular weight is 212 g/mol. The van der Waals surface area contributed by atoms with Gasteiger partial charge < -0.3 is 10.1 Å². The molecule has 1 unspecified atom stereocenters. The standard InChI is InChI=1S/C12H24N2O/c1-12(11-4-5-11)10-13-6-8-14(12)7-3-9-15-2/h11,13H,3-10H2,1-2H3. The highest BCUT2D eigenvalue weighted by Gasteiger charge is 2.46. The number of methoxy groups -OCH3 is 1. The Hall–Kier alpha value is -0.120. The van der Waals surface area contributed by atoms with E-state index in [0.29, 0.717) is 5.54 Å². The van der Waals surface area contributed by atoms with Crippen molar-refractivity contribution in [2.45, 2.75) is 31.7 Å². The molecule has 1 saturated heterocycles. The molecule has 1 atom stereocenters. The Bertz CT molecular complexity index is 206. The number of hydrogen-bond donors (Lipinski definition) is 1. The summed E-state index contributed by atoms with van der Waals surface area (Å²) in [6.45, 7) is 8.05. The monoisotopic (exact) mass is 212 g/mol. The number of hydrogen-bond acceptors (Lipinski definition) is 3. The van der Waals surface area contributed by atoms with E-state index < -0.39 is 0 Å². The van der Waals surface area contributed by atoms with Gasteiger partial charge in [0.05, 0.1) is 0 Å². The Balaban J connectivity index is 1.87. The van der Waals surface area contributed by atoms with Crippen LogP contribution in [-0.4, -0.2) is 50.3 Å². The fourth-order valence-corrected chi connectivity index (χ4v) is 2.80. The second kappa shape index (κ2) is 4.81. The molecule has 88 valence electrons. The van der Waals surface area contributed by atoms with Crippen molar-refractivity contribution < 1.29 is 4.74 Å². The van der Waals surface area contributed by atoms with Gasteiger partial charge in [-0.1, -0.05) is 0 Å². The summed E-state index contributed by atoms with van der Waals surface area (Å²) in [6, 6.07) is 0. The molecule has 1 aliphatic carbocycles. The average Bonchev–Trinajstić information content (AvgIpc) is 3.05. The van der Waals surface area contributed by atoms with E-state index in [4.69, 9.17) is 4.74 Å². The maximum Gasteiger partial charge on any atom is 0.0474 e. The molecule has 0 aromatic rings. The lowest BCUT2D eigenvalue weighted by molar-refractivity contribution is 0.0471. The van der Waals surface area contributed by atoms with Crippen LogP contribution < -0.4 is 5.32 Å². The highest BCUT2D eigenvalue weighted by Crippen LogP contribution is 2.43. The minimum Gasteiger partial charge on any atom is -0.385 e. The zero-order valence-electron chi connectivity index (χ0n) is 10.1. The lowest BCUT2D eigenvalue weighted by Crippen LogP contribution is -2.61. The van der Waals surface area contributed by atoms with Gasteiger partial charge in [0.15, 0.2) is 0 Å². The van der Waals surface area contributed by atoms with E-state index in [-0.39, 0.29) is 0 Å². The first-order valence-corrected chi connectivity index (χ1v) is 6.22. The first kappa shape index (κ1) is 11.4. The van der Waals surface area contributed by atoms with Crippen LogP contribution in [0.4, 0.5) is 0 Å². The fraction of sp³-hybridized carbons (Fsp3) is 1.00. The topological polar surface area (TPSA) is 24.5 Å². The molecule has 0 bridgehead atoms. The van der Waals surface area contributed by atoms with Gasteiger partial charge in [0.2, 0.25) is 0 Å². The molecular formula is C12H24N2O. The maximum absolute atomic E-state index is 5.13. The molecule has 2 aliphatic rings. The summed E-state index contributed by atoms with van der Waals surface area (Å²) in [5.74, 6) is 0.938. The van der Waals surface area contributed by atoms with Crippen molar-refractivity contribution >= 4 is 0 Å². The third-order valence-electron chi connectivity index (χ3n) is 4.00. The lowest BCUT2D eigenvalue weighted by atomic mass is 9.91. The van der Waals surface area contributed by atoms with Crippen LogP contribution in [0.5, 0.6) is 0 Å². The molecule has 15 heavy (non-hydrogen) atoms. The predicted octanol–water partition coefficient (Wildman–Crippen LogP) is 1.10. The minimum absolute atomic E-state index is 0.423. The summed E-state index contributed by atoms with van der Waals surface area (Å²) < 4.78 is 5.13. The van der Waals surface area contributed by atoms with Crippen LogP contribution in [0.25, 0.3) is 0 Å². The zero-order chi connectivity index (χ0) is 10.7. The summed E-state index contributed by atoms with van der Waals surface area (Å²) in [5, 5.41) is 3.54. The summed E-state index contributed by atoms with van der Waals surface area (Å²) >= 11 is 0. The molecule has 0 aromatic heterocycles. The Kier molecular flexibility index (Phi) is 3.65. The lowest BCUT2D eigenvalue weighted by Gasteiger charge is -2.46. The summed E-state index contributed by atoms with van der Waals surface area (Å²) in [6.07, 6.45) is 4.02. The van der Waals surface area contributed by atoms with Crippen molar-refractivity contribution in [1.82, 2.24) is 10.2 Å². The van der Waals surface area contributed by atoms with E-state index >= 15 is 0 Å². The predicted molar refractivity (Wildman–Crippen MR) is 62.1 cm³/mol. The molecule has 1 aliphatic heterocycles. The van der Waals surface area contributed by atoms with Gasteiger partial charge in [0, 0.05) is 45.4 Å². The molecule has 0 radical (unpaired) electrons. The summed E-state index contributed by atoms with van der Waals surface area (Å²) in [4.78, 5) is 2.68. The first-order chi connectivity index (χ1) is 7.27. The van der Waals surface area contributed by atoms with Gasteiger partial charge in [0.1, 0.15) is 0 Å². The molecule has 1 heterocycles. The fourth-order valence-electron chi connectivity index (χ4n) is 2.80. The third-order valence-corrected chi connectivity index (χ3v) is 4.00. The van der Waals surface area contributed by atoms with Gasteiger partial charge in [-0.15, -0.1) is 0 Å². The molecular weight excluding hydrogens is 188 g/mol. The van der Waals surface area contributed by atoms with E-state index in [9.17, 15) is 0 Å². The van der Waals surface area contributed by atoms with Crippen molar-refractivity contribution in [3.05, 3.63) is 0 Å². The number of nitrogens with one attached hydrogen (secondary N) is 1. The Morgan fingerprint density at radius 3 is 2.93 bits per heavy atom. The van der Waals surface area contributed by atoms with Crippen LogP contribution in [0, 0.1) is 5.92 Å². The van der Waals surface area contributed by atoms with E-state index in [1.54, 1.807) is 7.11 Å². The van der Waals surface area contributed by atoms with E-state index in [0.717, 1.165) is 19.1 Å². The smallest absolute Gasteiger partial charge is 0.0474 e. The Morgan fingerprint density at radius 1 is 1.47 bits per heavy atom.